The number of rotatable bonds is 7. The summed E-state index contributed by atoms with van der Waals surface area (Å²) < 4.78 is 44.6. The molecule has 0 N–H and O–H groups in total. The van der Waals surface area contributed by atoms with Crippen LogP contribution in [0.3, 0.4) is 0 Å². The largest absolute Gasteiger partial charge is 0.496 e. The van der Waals surface area contributed by atoms with Gasteiger partial charge in [-0.15, -0.1) is 10.2 Å². The van der Waals surface area contributed by atoms with Crippen LogP contribution in [0.5, 0.6) is 11.5 Å². The van der Waals surface area contributed by atoms with Crippen molar-refractivity contribution in [3.63, 3.8) is 0 Å². The quantitative estimate of drug-likeness (QED) is 0.498. The van der Waals surface area contributed by atoms with Crippen molar-refractivity contribution in [3.8, 4) is 23.0 Å². The molecule has 0 saturated carbocycles. The van der Waals surface area contributed by atoms with Crippen LogP contribution < -0.4 is 9.47 Å². The van der Waals surface area contributed by atoms with Gasteiger partial charge in [0.1, 0.15) is 11.5 Å². The van der Waals surface area contributed by atoms with E-state index in [-0.39, 0.29) is 22.4 Å². The molecule has 1 fully saturated rings. The summed E-state index contributed by atoms with van der Waals surface area (Å²) in [6.07, 6.45) is 1.44. The lowest BCUT2D eigenvalue weighted by Crippen LogP contribution is -2.39. The van der Waals surface area contributed by atoms with E-state index < -0.39 is 10.0 Å². The van der Waals surface area contributed by atoms with Gasteiger partial charge in [-0.05, 0) is 50.1 Å². The maximum absolute atomic E-state index is 13.2. The number of nitrogens with zero attached hydrogens (tertiary/aromatic N) is 3. The summed E-state index contributed by atoms with van der Waals surface area (Å²) in [6, 6.07) is 11.9. The van der Waals surface area contributed by atoms with E-state index in [0.717, 1.165) is 6.42 Å². The maximum Gasteiger partial charge on any atom is 0.251 e. The van der Waals surface area contributed by atoms with Crippen molar-refractivity contribution in [2.45, 2.75) is 30.6 Å². The third-order valence-electron chi connectivity index (χ3n) is 5.35. The second-order valence-corrected chi connectivity index (χ2v) is 9.72. The Hall–Kier alpha value is -2.62. The minimum atomic E-state index is -3.73. The van der Waals surface area contributed by atoms with Crippen LogP contribution in [-0.2, 0) is 10.0 Å². The van der Waals surface area contributed by atoms with Crippen molar-refractivity contribution in [2.24, 2.45) is 0 Å². The van der Waals surface area contributed by atoms with E-state index in [1.165, 1.54) is 16.4 Å². The van der Waals surface area contributed by atoms with Gasteiger partial charge in [0, 0.05) is 13.1 Å². The van der Waals surface area contributed by atoms with Gasteiger partial charge >= 0.3 is 0 Å². The van der Waals surface area contributed by atoms with E-state index in [2.05, 4.69) is 10.2 Å². The number of aromatic nitrogens is 2. The van der Waals surface area contributed by atoms with Crippen LogP contribution in [0.4, 0.5) is 0 Å². The van der Waals surface area contributed by atoms with Gasteiger partial charge < -0.3 is 13.9 Å². The summed E-state index contributed by atoms with van der Waals surface area (Å²) in [4.78, 5) is 0.131. The molecule has 1 aliphatic heterocycles. The highest BCUT2D eigenvalue weighted by Crippen LogP contribution is 2.35. The van der Waals surface area contributed by atoms with Crippen LogP contribution in [0.2, 0.25) is 5.02 Å². The number of halogens is 1. The summed E-state index contributed by atoms with van der Waals surface area (Å²) in [6.45, 7) is 2.95. The van der Waals surface area contributed by atoms with Crippen molar-refractivity contribution >= 4 is 21.6 Å². The molecule has 0 amide bonds. The molecule has 0 radical (unpaired) electrons. The lowest BCUT2D eigenvalue weighted by Gasteiger charge is -2.30. The molecule has 0 aliphatic carbocycles. The molecule has 1 atom stereocenters. The number of hydrogen-bond donors (Lipinski definition) is 0. The fraction of sp³-hybridized carbons (Fsp3) is 0.364. The highest BCUT2D eigenvalue weighted by Gasteiger charge is 2.33. The van der Waals surface area contributed by atoms with Crippen LogP contribution in [0.25, 0.3) is 11.5 Å². The molecule has 0 bridgehead atoms. The predicted molar refractivity (Wildman–Crippen MR) is 120 cm³/mol. The molecule has 3 aromatic rings. The number of sulfonamides is 1. The molecule has 4 rings (SSSR count). The molecular weight excluding hydrogens is 454 g/mol. The zero-order valence-electron chi connectivity index (χ0n) is 17.8. The van der Waals surface area contributed by atoms with E-state index in [4.69, 9.17) is 25.5 Å². The highest BCUT2D eigenvalue weighted by atomic mass is 35.5. The fourth-order valence-electron chi connectivity index (χ4n) is 3.76. The van der Waals surface area contributed by atoms with Crippen LogP contribution in [0.15, 0.2) is 51.8 Å². The third kappa shape index (κ3) is 4.46. The fourth-order valence-corrected chi connectivity index (χ4v) is 5.61. The summed E-state index contributed by atoms with van der Waals surface area (Å²) in [5, 5.41) is 8.62. The van der Waals surface area contributed by atoms with E-state index >= 15 is 0 Å². The van der Waals surface area contributed by atoms with Crippen molar-refractivity contribution in [3.05, 3.63) is 53.4 Å². The molecule has 1 aromatic heterocycles. The second kappa shape index (κ2) is 9.48. The monoisotopic (exact) mass is 477 g/mol. The maximum atomic E-state index is 13.2. The predicted octanol–water partition coefficient (Wildman–Crippen LogP) is 4.37. The lowest BCUT2D eigenvalue weighted by molar-refractivity contribution is 0.286. The Morgan fingerprint density at radius 2 is 2.00 bits per heavy atom. The van der Waals surface area contributed by atoms with Gasteiger partial charge in [0.15, 0.2) is 0 Å². The minimum Gasteiger partial charge on any atom is -0.496 e. The number of ether oxygens (including phenoxy) is 2. The van der Waals surface area contributed by atoms with Crippen molar-refractivity contribution in [1.29, 1.82) is 0 Å². The Bertz CT molecular complexity index is 1200. The SMILES string of the molecule is CCOc1ccc(S(=O)(=O)N2CCC[C@@H](c3nnc(-c4ccccc4OC)o3)C2)cc1Cl. The smallest absolute Gasteiger partial charge is 0.251 e. The molecule has 8 nitrogen and oxygen atoms in total. The molecule has 2 heterocycles. The molecule has 1 aliphatic rings. The van der Waals surface area contributed by atoms with Gasteiger partial charge in [0.25, 0.3) is 5.89 Å². The first-order chi connectivity index (χ1) is 15.4. The average molecular weight is 478 g/mol. The normalized spacial score (nSPS) is 17.3. The number of piperidine rings is 1. The van der Waals surface area contributed by atoms with E-state index in [9.17, 15) is 8.42 Å². The van der Waals surface area contributed by atoms with E-state index in [1.807, 2.05) is 31.2 Å². The number of hydrogen-bond acceptors (Lipinski definition) is 7. The molecule has 0 spiro atoms. The van der Waals surface area contributed by atoms with Gasteiger partial charge in [-0.2, -0.15) is 4.31 Å². The molecule has 170 valence electrons. The molecule has 1 saturated heterocycles. The molecule has 10 heteroatoms. The van der Waals surface area contributed by atoms with Crippen LogP contribution in [0, 0.1) is 0 Å². The molecular formula is C22H24ClN3O5S. The Morgan fingerprint density at radius 1 is 1.19 bits per heavy atom. The number of para-hydroxylation sites is 1. The van der Waals surface area contributed by atoms with Crippen molar-refractivity contribution < 1.29 is 22.3 Å². The van der Waals surface area contributed by atoms with Crippen molar-refractivity contribution in [1.82, 2.24) is 14.5 Å². The van der Waals surface area contributed by atoms with Gasteiger partial charge in [-0.3, -0.25) is 0 Å². The van der Waals surface area contributed by atoms with Crippen LogP contribution in [0.1, 0.15) is 31.6 Å². The number of benzene rings is 2. The minimum absolute atomic E-state index is 0.131. The summed E-state index contributed by atoms with van der Waals surface area (Å²) in [7, 11) is -2.15. The Balaban J connectivity index is 1.55. The molecule has 2 aromatic carbocycles. The Kier molecular flexibility index (Phi) is 6.68. The topological polar surface area (TPSA) is 94.8 Å². The average Bonchev–Trinajstić information content (AvgIpc) is 3.31. The van der Waals surface area contributed by atoms with Gasteiger partial charge in [0.05, 0.1) is 35.1 Å². The molecule has 32 heavy (non-hydrogen) atoms. The van der Waals surface area contributed by atoms with E-state index in [1.54, 1.807) is 13.2 Å². The standard InChI is InChI=1S/C22H24ClN3O5S/c1-3-30-20-11-10-16(13-18(20)23)32(27,28)26-12-6-7-15(14-26)21-24-25-22(31-21)17-8-4-5-9-19(17)29-2/h4-5,8-11,13,15H,3,6-7,12,14H2,1-2H3/t15-/m1/s1. The number of methoxy groups -OCH3 is 1. The van der Waals surface area contributed by atoms with Gasteiger partial charge in [-0.25, -0.2) is 8.42 Å². The van der Waals surface area contributed by atoms with Gasteiger partial charge in [-0.1, -0.05) is 23.7 Å². The Morgan fingerprint density at radius 3 is 2.75 bits per heavy atom. The van der Waals surface area contributed by atoms with Crippen molar-refractivity contribution in [2.75, 3.05) is 26.8 Å². The zero-order valence-corrected chi connectivity index (χ0v) is 19.4. The summed E-state index contributed by atoms with van der Waals surface area (Å²) in [5.74, 6) is 1.64. The lowest BCUT2D eigenvalue weighted by atomic mass is 10.00. The van der Waals surface area contributed by atoms with Crippen LogP contribution >= 0.6 is 11.6 Å². The van der Waals surface area contributed by atoms with Crippen LogP contribution in [-0.4, -0.2) is 49.7 Å². The van der Waals surface area contributed by atoms with E-state index in [0.29, 0.717) is 48.4 Å². The zero-order chi connectivity index (χ0) is 22.7. The first-order valence-corrected chi connectivity index (χ1v) is 12.1. The Labute approximate surface area is 192 Å². The summed E-state index contributed by atoms with van der Waals surface area (Å²) >= 11 is 6.21. The first kappa shape index (κ1) is 22.6. The summed E-state index contributed by atoms with van der Waals surface area (Å²) in [5.41, 5.74) is 0.693. The second-order valence-electron chi connectivity index (χ2n) is 7.37. The highest BCUT2D eigenvalue weighted by molar-refractivity contribution is 7.89. The molecule has 0 unspecified atom stereocenters. The first-order valence-electron chi connectivity index (χ1n) is 10.3. The van der Waals surface area contributed by atoms with Gasteiger partial charge in [0.2, 0.25) is 15.9 Å². The third-order valence-corrected chi connectivity index (χ3v) is 7.51.